The van der Waals surface area contributed by atoms with Gasteiger partial charge < -0.3 is 15.8 Å². The van der Waals surface area contributed by atoms with Crippen molar-refractivity contribution in [3.05, 3.63) is 23.8 Å². The Morgan fingerprint density at radius 1 is 1.59 bits per heavy atom. The summed E-state index contributed by atoms with van der Waals surface area (Å²) in [5, 5.41) is 12.1. The highest BCUT2D eigenvalue weighted by molar-refractivity contribution is 5.58. The highest BCUT2D eigenvalue weighted by atomic mass is 16.5. The van der Waals surface area contributed by atoms with Crippen LogP contribution in [0.5, 0.6) is 0 Å². The molecule has 2 atom stereocenters. The molecule has 4 heteroatoms. The highest BCUT2D eigenvalue weighted by Gasteiger charge is 2.23. The van der Waals surface area contributed by atoms with Crippen LogP contribution in [0, 0.1) is 11.3 Å². The van der Waals surface area contributed by atoms with Crippen molar-refractivity contribution >= 4 is 11.4 Å². The minimum absolute atomic E-state index is 0.229. The van der Waals surface area contributed by atoms with Gasteiger partial charge in [-0.05, 0) is 37.1 Å². The van der Waals surface area contributed by atoms with E-state index in [1.54, 1.807) is 0 Å². The van der Waals surface area contributed by atoms with E-state index in [-0.39, 0.29) is 6.10 Å². The maximum Gasteiger partial charge on any atom is 0.0748 e. The smallest absolute Gasteiger partial charge is 0.0748 e. The van der Waals surface area contributed by atoms with Gasteiger partial charge in [-0.3, -0.25) is 0 Å². The molecule has 1 heterocycles. The van der Waals surface area contributed by atoms with Gasteiger partial charge in [0.25, 0.3) is 0 Å². The van der Waals surface area contributed by atoms with Gasteiger partial charge in [0.1, 0.15) is 0 Å². The van der Waals surface area contributed by atoms with Crippen LogP contribution in [0.25, 0.3) is 0 Å². The van der Waals surface area contributed by atoms with E-state index in [1.165, 1.54) is 0 Å². The third kappa shape index (κ3) is 2.69. The molecule has 2 rings (SSSR count). The Labute approximate surface area is 101 Å². The molecule has 1 aromatic rings. The highest BCUT2D eigenvalue weighted by Crippen LogP contribution is 2.22. The van der Waals surface area contributed by atoms with E-state index in [1.807, 2.05) is 18.2 Å². The minimum Gasteiger partial charge on any atom is -0.398 e. The zero-order valence-corrected chi connectivity index (χ0v) is 9.94. The minimum atomic E-state index is 0.229. The summed E-state index contributed by atoms with van der Waals surface area (Å²) in [7, 11) is 0. The van der Waals surface area contributed by atoms with Gasteiger partial charge in [0.15, 0.2) is 0 Å². The number of anilines is 2. The number of ether oxygens (including phenoxy) is 1. The Hall–Kier alpha value is -1.73. The first-order valence-corrected chi connectivity index (χ1v) is 5.84. The number of nitriles is 1. The molecule has 0 radical (unpaired) electrons. The summed E-state index contributed by atoms with van der Waals surface area (Å²) in [5.41, 5.74) is 8.37. The van der Waals surface area contributed by atoms with Crippen molar-refractivity contribution in [3.8, 4) is 6.07 Å². The van der Waals surface area contributed by atoms with Gasteiger partial charge in [0.05, 0.1) is 24.6 Å². The van der Waals surface area contributed by atoms with Crippen LogP contribution < -0.4 is 11.1 Å². The van der Waals surface area contributed by atoms with Crippen molar-refractivity contribution in [2.45, 2.75) is 31.9 Å². The molecule has 0 amide bonds. The van der Waals surface area contributed by atoms with Crippen LogP contribution >= 0.6 is 0 Å². The molecule has 1 aromatic carbocycles. The van der Waals surface area contributed by atoms with Gasteiger partial charge in [-0.1, -0.05) is 0 Å². The normalized spacial score (nSPS) is 23.3. The van der Waals surface area contributed by atoms with Crippen molar-refractivity contribution in [2.24, 2.45) is 0 Å². The molecule has 0 saturated carbocycles. The molecule has 0 aromatic heterocycles. The number of hydrogen-bond donors (Lipinski definition) is 2. The van der Waals surface area contributed by atoms with E-state index < -0.39 is 0 Å². The van der Waals surface area contributed by atoms with Crippen LogP contribution in [-0.4, -0.2) is 18.8 Å². The fraction of sp³-hybridized carbons (Fsp3) is 0.462. The van der Waals surface area contributed by atoms with Crippen molar-refractivity contribution in [3.63, 3.8) is 0 Å². The fourth-order valence-corrected chi connectivity index (χ4v) is 2.07. The van der Waals surface area contributed by atoms with Gasteiger partial charge in [-0.2, -0.15) is 5.26 Å². The topological polar surface area (TPSA) is 71.1 Å². The van der Waals surface area contributed by atoms with Crippen molar-refractivity contribution in [1.29, 1.82) is 5.26 Å². The quantitative estimate of drug-likeness (QED) is 0.780. The number of benzene rings is 1. The number of nitrogen functional groups attached to an aromatic ring is 1. The summed E-state index contributed by atoms with van der Waals surface area (Å²) in [6, 6.07) is 8.20. The summed E-state index contributed by atoms with van der Waals surface area (Å²) in [6.45, 7) is 2.87. The van der Waals surface area contributed by atoms with E-state index in [4.69, 9.17) is 15.7 Å². The van der Waals surface area contributed by atoms with Gasteiger partial charge >= 0.3 is 0 Å². The Morgan fingerprint density at radius 2 is 2.41 bits per heavy atom. The number of nitrogens with zero attached hydrogens (tertiary/aromatic N) is 1. The summed E-state index contributed by atoms with van der Waals surface area (Å²) in [5.74, 6) is 0. The molecule has 1 aliphatic rings. The van der Waals surface area contributed by atoms with Crippen LogP contribution in [0.2, 0.25) is 0 Å². The Kier molecular flexibility index (Phi) is 3.50. The van der Waals surface area contributed by atoms with E-state index in [0.717, 1.165) is 24.3 Å². The average molecular weight is 231 g/mol. The lowest BCUT2D eigenvalue weighted by Gasteiger charge is -2.18. The second kappa shape index (κ2) is 5.07. The Morgan fingerprint density at radius 3 is 3.06 bits per heavy atom. The molecule has 0 spiro atoms. The number of nitrogens with two attached hydrogens (primary N) is 1. The average Bonchev–Trinajstić information content (AvgIpc) is 2.70. The monoisotopic (exact) mass is 231 g/mol. The third-order valence-corrected chi connectivity index (χ3v) is 3.14. The molecule has 4 nitrogen and oxygen atoms in total. The standard InChI is InChI=1S/C13H17N3O/c1-9-13(5-7-17-9)16-11-2-3-12(15)10(8-11)4-6-14/h2-3,8-9,13,16H,4-5,7,15H2,1H3. The lowest BCUT2D eigenvalue weighted by atomic mass is 10.1. The van der Waals surface area contributed by atoms with Gasteiger partial charge in [0, 0.05) is 18.0 Å². The lowest BCUT2D eigenvalue weighted by molar-refractivity contribution is 0.121. The third-order valence-electron chi connectivity index (χ3n) is 3.14. The molecular weight excluding hydrogens is 214 g/mol. The van der Waals surface area contributed by atoms with Gasteiger partial charge in [0.2, 0.25) is 0 Å². The maximum atomic E-state index is 8.72. The second-order valence-electron chi connectivity index (χ2n) is 4.36. The Bertz CT molecular complexity index is 439. The molecule has 1 saturated heterocycles. The van der Waals surface area contributed by atoms with Crippen LogP contribution in [0.3, 0.4) is 0 Å². The summed E-state index contributed by atoms with van der Waals surface area (Å²) in [6.07, 6.45) is 1.59. The molecule has 17 heavy (non-hydrogen) atoms. The molecule has 90 valence electrons. The van der Waals surface area contributed by atoms with Crippen LogP contribution in [0.1, 0.15) is 18.9 Å². The zero-order chi connectivity index (χ0) is 12.3. The molecule has 0 aliphatic carbocycles. The summed E-state index contributed by atoms with van der Waals surface area (Å²) < 4.78 is 5.50. The Balaban J connectivity index is 2.11. The molecule has 0 bridgehead atoms. The van der Waals surface area contributed by atoms with E-state index in [0.29, 0.717) is 18.2 Å². The van der Waals surface area contributed by atoms with Gasteiger partial charge in [-0.15, -0.1) is 0 Å². The summed E-state index contributed by atoms with van der Waals surface area (Å²) >= 11 is 0. The van der Waals surface area contributed by atoms with Crippen molar-refractivity contribution < 1.29 is 4.74 Å². The second-order valence-corrected chi connectivity index (χ2v) is 4.36. The zero-order valence-electron chi connectivity index (χ0n) is 9.94. The number of rotatable bonds is 3. The predicted octanol–water partition coefficient (Wildman–Crippen LogP) is 1.92. The fourth-order valence-electron chi connectivity index (χ4n) is 2.07. The van der Waals surface area contributed by atoms with Crippen molar-refractivity contribution in [2.75, 3.05) is 17.7 Å². The number of nitrogens with one attached hydrogen (secondary N) is 1. The molecule has 1 aliphatic heterocycles. The summed E-state index contributed by atoms with van der Waals surface area (Å²) in [4.78, 5) is 0. The molecule has 3 N–H and O–H groups in total. The van der Waals surface area contributed by atoms with E-state index >= 15 is 0 Å². The van der Waals surface area contributed by atoms with E-state index in [2.05, 4.69) is 18.3 Å². The largest absolute Gasteiger partial charge is 0.398 e. The first-order valence-electron chi connectivity index (χ1n) is 5.84. The molecule has 1 fully saturated rings. The maximum absolute atomic E-state index is 8.72. The first kappa shape index (κ1) is 11.7. The molecular formula is C13H17N3O. The van der Waals surface area contributed by atoms with E-state index in [9.17, 15) is 0 Å². The van der Waals surface area contributed by atoms with Crippen LogP contribution in [-0.2, 0) is 11.2 Å². The number of hydrogen-bond acceptors (Lipinski definition) is 4. The van der Waals surface area contributed by atoms with Crippen LogP contribution in [0.4, 0.5) is 11.4 Å². The first-order chi connectivity index (χ1) is 8.20. The van der Waals surface area contributed by atoms with Crippen molar-refractivity contribution in [1.82, 2.24) is 0 Å². The predicted molar refractivity (Wildman–Crippen MR) is 67.6 cm³/mol. The SMILES string of the molecule is CC1OCCC1Nc1ccc(N)c(CC#N)c1. The molecule has 2 unspecified atom stereocenters. The van der Waals surface area contributed by atoms with Gasteiger partial charge in [-0.25, -0.2) is 0 Å². The van der Waals surface area contributed by atoms with Crippen LogP contribution in [0.15, 0.2) is 18.2 Å². The lowest BCUT2D eigenvalue weighted by Crippen LogP contribution is -2.26.